The molecule has 0 aliphatic rings. The lowest BCUT2D eigenvalue weighted by molar-refractivity contribution is -0.113. The fourth-order valence-corrected chi connectivity index (χ4v) is 3.45. The Labute approximate surface area is 159 Å². The van der Waals surface area contributed by atoms with Crippen LogP contribution in [0.5, 0.6) is 5.75 Å². The zero-order valence-corrected chi connectivity index (χ0v) is 16.4. The van der Waals surface area contributed by atoms with Gasteiger partial charge in [-0.15, -0.1) is 21.5 Å². The number of hydrogen-bond donors (Lipinski definition) is 1. The molecular formula is C17H19N5O2S2. The number of carbonyl (C=O) groups is 1. The van der Waals surface area contributed by atoms with Crippen LogP contribution in [0.4, 0.5) is 5.13 Å². The number of aromatic nitrogens is 4. The highest BCUT2D eigenvalue weighted by Gasteiger charge is 2.13. The van der Waals surface area contributed by atoms with Crippen LogP contribution in [0.15, 0.2) is 34.9 Å². The van der Waals surface area contributed by atoms with E-state index in [-0.39, 0.29) is 11.7 Å². The van der Waals surface area contributed by atoms with E-state index >= 15 is 0 Å². The van der Waals surface area contributed by atoms with E-state index in [0.717, 1.165) is 16.9 Å². The van der Waals surface area contributed by atoms with Crippen molar-refractivity contribution in [2.75, 3.05) is 11.1 Å². The largest absolute Gasteiger partial charge is 0.485 e. The molecule has 7 nitrogen and oxygen atoms in total. The minimum atomic E-state index is -0.124. The van der Waals surface area contributed by atoms with Gasteiger partial charge in [-0.1, -0.05) is 23.9 Å². The van der Waals surface area contributed by atoms with E-state index in [0.29, 0.717) is 22.7 Å². The van der Waals surface area contributed by atoms with Gasteiger partial charge in [0.05, 0.1) is 5.75 Å². The second-order valence-electron chi connectivity index (χ2n) is 5.69. The summed E-state index contributed by atoms with van der Waals surface area (Å²) in [6, 6.07) is 6.09. The third-order valence-corrected chi connectivity index (χ3v) is 5.35. The average Bonchev–Trinajstić information content (AvgIpc) is 3.24. The Morgan fingerprint density at radius 1 is 1.35 bits per heavy atom. The predicted molar refractivity (Wildman–Crippen MR) is 103 cm³/mol. The first kappa shape index (κ1) is 18.4. The molecule has 9 heteroatoms. The smallest absolute Gasteiger partial charge is 0.236 e. The monoisotopic (exact) mass is 389 g/mol. The average molecular weight is 390 g/mol. The van der Waals surface area contributed by atoms with Crippen LogP contribution in [-0.2, 0) is 18.4 Å². The van der Waals surface area contributed by atoms with Crippen molar-refractivity contribution in [3.63, 3.8) is 0 Å². The first-order chi connectivity index (χ1) is 12.5. The SMILES string of the molecule is Cc1ccc(C)c(OCc2nnc(SCC(=O)Nc3nccs3)n2C)c1. The first-order valence-electron chi connectivity index (χ1n) is 7.93. The molecule has 3 aromatic rings. The van der Waals surface area contributed by atoms with Gasteiger partial charge < -0.3 is 14.6 Å². The molecule has 0 aliphatic heterocycles. The zero-order valence-electron chi connectivity index (χ0n) is 14.7. The van der Waals surface area contributed by atoms with Crippen molar-refractivity contribution in [3.8, 4) is 5.75 Å². The number of benzene rings is 1. The molecule has 1 aromatic carbocycles. The van der Waals surface area contributed by atoms with Gasteiger partial charge in [0.2, 0.25) is 5.91 Å². The van der Waals surface area contributed by atoms with Crippen LogP contribution in [-0.4, -0.2) is 31.4 Å². The van der Waals surface area contributed by atoms with Crippen molar-refractivity contribution < 1.29 is 9.53 Å². The third kappa shape index (κ3) is 4.61. The summed E-state index contributed by atoms with van der Waals surface area (Å²) in [5, 5.41) is 14.1. The molecule has 26 heavy (non-hydrogen) atoms. The number of hydrogen-bond acceptors (Lipinski definition) is 7. The molecule has 0 saturated carbocycles. The van der Waals surface area contributed by atoms with Crippen molar-refractivity contribution in [1.29, 1.82) is 0 Å². The number of nitrogens with zero attached hydrogens (tertiary/aromatic N) is 4. The van der Waals surface area contributed by atoms with Gasteiger partial charge in [0.1, 0.15) is 12.4 Å². The van der Waals surface area contributed by atoms with Crippen LogP contribution in [0, 0.1) is 13.8 Å². The Kier molecular flexibility index (Phi) is 5.89. The van der Waals surface area contributed by atoms with Crippen LogP contribution in [0.1, 0.15) is 17.0 Å². The Morgan fingerprint density at radius 3 is 2.96 bits per heavy atom. The van der Waals surface area contributed by atoms with E-state index in [1.165, 1.54) is 23.1 Å². The lowest BCUT2D eigenvalue weighted by atomic mass is 10.1. The summed E-state index contributed by atoms with van der Waals surface area (Å²) >= 11 is 2.71. The Balaban J connectivity index is 1.55. The van der Waals surface area contributed by atoms with Crippen molar-refractivity contribution in [2.24, 2.45) is 7.05 Å². The molecule has 0 bridgehead atoms. The molecule has 0 radical (unpaired) electrons. The number of ether oxygens (including phenoxy) is 1. The first-order valence-corrected chi connectivity index (χ1v) is 9.80. The molecule has 3 rings (SSSR count). The van der Waals surface area contributed by atoms with Gasteiger partial charge in [0, 0.05) is 18.6 Å². The predicted octanol–water partition coefficient (Wildman–Crippen LogP) is 3.20. The van der Waals surface area contributed by atoms with Crippen LogP contribution in [0.2, 0.25) is 0 Å². The maximum absolute atomic E-state index is 11.9. The Hall–Kier alpha value is -2.39. The summed E-state index contributed by atoms with van der Waals surface area (Å²) in [5.74, 6) is 1.66. The molecule has 2 heterocycles. The zero-order chi connectivity index (χ0) is 18.5. The lowest BCUT2D eigenvalue weighted by Gasteiger charge is -2.09. The highest BCUT2D eigenvalue weighted by Crippen LogP contribution is 2.21. The van der Waals surface area contributed by atoms with Crippen molar-refractivity contribution in [1.82, 2.24) is 19.7 Å². The van der Waals surface area contributed by atoms with Crippen LogP contribution in [0.25, 0.3) is 0 Å². The minimum absolute atomic E-state index is 0.124. The number of carbonyl (C=O) groups excluding carboxylic acids is 1. The molecule has 0 fully saturated rings. The highest BCUT2D eigenvalue weighted by molar-refractivity contribution is 7.99. The molecular weight excluding hydrogens is 370 g/mol. The highest BCUT2D eigenvalue weighted by atomic mass is 32.2. The topological polar surface area (TPSA) is 81.9 Å². The summed E-state index contributed by atoms with van der Waals surface area (Å²) in [6.45, 7) is 4.35. The number of amides is 1. The van der Waals surface area contributed by atoms with Gasteiger partial charge in [-0.3, -0.25) is 4.79 Å². The maximum atomic E-state index is 11.9. The molecule has 0 saturated heterocycles. The fraction of sp³-hybridized carbons (Fsp3) is 0.294. The van der Waals surface area contributed by atoms with Crippen molar-refractivity contribution in [2.45, 2.75) is 25.6 Å². The second-order valence-corrected chi connectivity index (χ2v) is 7.53. The van der Waals surface area contributed by atoms with Gasteiger partial charge in [0.25, 0.3) is 0 Å². The minimum Gasteiger partial charge on any atom is -0.485 e. The summed E-state index contributed by atoms with van der Waals surface area (Å²) in [4.78, 5) is 16.0. The number of nitrogens with one attached hydrogen (secondary N) is 1. The van der Waals surface area contributed by atoms with Gasteiger partial charge in [-0.05, 0) is 31.0 Å². The van der Waals surface area contributed by atoms with Crippen LogP contribution < -0.4 is 10.1 Å². The van der Waals surface area contributed by atoms with E-state index in [4.69, 9.17) is 4.74 Å². The summed E-state index contributed by atoms with van der Waals surface area (Å²) in [5.41, 5.74) is 2.22. The van der Waals surface area contributed by atoms with Gasteiger partial charge in [-0.25, -0.2) is 4.98 Å². The molecule has 1 N–H and O–H groups in total. The van der Waals surface area contributed by atoms with Gasteiger partial charge >= 0.3 is 0 Å². The molecule has 0 atom stereocenters. The summed E-state index contributed by atoms with van der Waals surface area (Å²) in [6.07, 6.45) is 1.65. The fourth-order valence-electron chi connectivity index (χ4n) is 2.17. The molecule has 0 spiro atoms. The van der Waals surface area contributed by atoms with E-state index in [1.54, 1.807) is 6.20 Å². The van der Waals surface area contributed by atoms with E-state index in [2.05, 4.69) is 26.6 Å². The van der Waals surface area contributed by atoms with E-state index in [1.807, 2.05) is 43.0 Å². The van der Waals surface area contributed by atoms with Gasteiger partial charge in [0.15, 0.2) is 16.1 Å². The van der Waals surface area contributed by atoms with Crippen molar-refractivity contribution >= 4 is 34.1 Å². The molecule has 2 aromatic heterocycles. The van der Waals surface area contributed by atoms with E-state index in [9.17, 15) is 4.79 Å². The van der Waals surface area contributed by atoms with E-state index < -0.39 is 0 Å². The second kappa shape index (κ2) is 8.33. The molecule has 136 valence electrons. The summed E-state index contributed by atoms with van der Waals surface area (Å²) in [7, 11) is 1.86. The molecule has 0 aliphatic carbocycles. The number of thiazole rings is 1. The number of rotatable bonds is 7. The Bertz CT molecular complexity index is 893. The Morgan fingerprint density at radius 2 is 2.19 bits per heavy atom. The van der Waals surface area contributed by atoms with Crippen LogP contribution in [0.3, 0.4) is 0 Å². The molecule has 1 amide bonds. The number of aryl methyl sites for hydroxylation is 2. The van der Waals surface area contributed by atoms with Crippen molar-refractivity contribution in [3.05, 3.63) is 46.7 Å². The van der Waals surface area contributed by atoms with Gasteiger partial charge in [-0.2, -0.15) is 0 Å². The number of anilines is 1. The quantitative estimate of drug-likeness (QED) is 0.625. The third-order valence-electron chi connectivity index (χ3n) is 3.64. The standard InChI is InChI=1S/C17H19N5O2S2/c1-11-4-5-12(2)13(8-11)24-9-14-20-21-17(22(14)3)26-10-15(23)19-16-18-6-7-25-16/h4-8H,9-10H2,1-3H3,(H,18,19,23). The summed E-state index contributed by atoms with van der Waals surface area (Å²) < 4.78 is 7.71. The molecule has 0 unspecified atom stereocenters. The normalized spacial score (nSPS) is 10.7. The lowest BCUT2D eigenvalue weighted by Crippen LogP contribution is -2.14. The maximum Gasteiger partial charge on any atom is 0.236 e. The number of thioether (sulfide) groups is 1. The van der Waals surface area contributed by atoms with Crippen LogP contribution >= 0.6 is 23.1 Å².